The number of benzene rings is 1. The second kappa shape index (κ2) is 7.58. The van der Waals surface area contributed by atoms with Crippen LogP contribution in [0, 0.1) is 5.82 Å². The summed E-state index contributed by atoms with van der Waals surface area (Å²) in [6.45, 7) is 0.00413. The number of para-hydroxylation sites is 1. The fourth-order valence-electron chi connectivity index (χ4n) is 2.72. The third-order valence-electron chi connectivity index (χ3n) is 3.81. The van der Waals surface area contributed by atoms with Gasteiger partial charge in [-0.15, -0.1) is 0 Å². The second-order valence-corrected chi connectivity index (χ2v) is 5.63. The molecule has 1 aromatic carbocycles. The van der Waals surface area contributed by atoms with E-state index < -0.39 is 30.9 Å². The Balaban J connectivity index is 1.93. The number of aliphatic imine (C=N–C) groups is 1. The standard InChI is InChI=1S/C16H16F5N3O2/c17-11-2-1-3-12(14(11)23-6-8-25-9-7-23)24-5-4-13(18)22-15(24)26-10-16(19,20)21/h1-5,15H,6-10H2/t15-/m0/s1. The number of hydrogen-bond donors (Lipinski definition) is 0. The highest BCUT2D eigenvalue weighted by Crippen LogP contribution is 2.35. The van der Waals surface area contributed by atoms with Crippen molar-refractivity contribution in [1.82, 2.24) is 0 Å². The fourth-order valence-corrected chi connectivity index (χ4v) is 2.72. The van der Waals surface area contributed by atoms with E-state index in [-0.39, 0.29) is 11.4 Å². The number of hydrogen-bond acceptors (Lipinski definition) is 5. The van der Waals surface area contributed by atoms with Crippen LogP contribution in [0.15, 0.2) is 35.5 Å². The fraction of sp³-hybridized carbons (Fsp3) is 0.438. The Labute approximate surface area is 146 Å². The van der Waals surface area contributed by atoms with Crippen molar-refractivity contribution in [2.45, 2.75) is 12.5 Å². The van der Waals surface area contributed by atoms with Crippen molar-refractivity contribution in [1.29, 1.82) is 0 Å². The molecule has 0 N–H and O–H groups in total. The molecule has 0 saturated carbocycles. The zero-order valence-corrected chi connectivity index (χ0v) is 13.5. The first kappa shape index (κ1) is 18.6. The topological polar surface area (TPSA) is 37.3 Å². The molecule has 10 heteroatoms. The molecule has 0 aliphatic carbocycles. The summed E-state index contributed by atoms with van der Waals surface area (Å²) in [6.07, 6.45) is -4.04. The van der Waals surface area contributed by atoms with Crippen molar-refractivity contribution in [2.75, 3.05) is 42.7 Å². The SMILES string of the molecule is FC1=N[C@H](OCC(F)(F)F)N(c2cccc(F)c2N2CCOCC2)C=C1. The Kier molecular flexibility index (Phi) is 5.42. The van der Waals surface area contributed by atoms with Gasteiger partial charge in [-0.3, -0.25) is 0 Å². The Hall–Kier alpha value is -2.20. The normalized spacial score (nSPS) is 21.1. The summed E-state index contributed by atoms with van der Waals surface area (Å²) in [4.78, 5) is 6.35. The van der Waals surface area contributed by atoms with E-state index in [9.17, 15) is 22.0 Å². The molecular formula is C16H16F5N3O2. The number of rotatable bonds is 4. The molecule has 1 fully saturated rings. The molecule has 0 radical (unpaired) electrons. The van der Waals surface area contributed by atoms with Gasteiger partial charge >= 0.3 is 6.18 Å². The van der Waals surface area contributed by atoms with Gasteiger partial charge in [-0.05, 0) is 12.1 Å². The summed E-state index contributed by atoms with van der Waals surface area (Å²) in [5.41, 5.74) is 0.408. The van der Waals surface area contributed by atoms with Crippen LogP contribution in [-0.4, -0.2) is 51.4 Å². The average molecular weight is 377 g/mol. The van der Waals surface area contributed by atoms with E-state index in [4.69, 9.17) is 9.47 Å². The smallest absolute Gasteiger partial charge is 0.378 e. The summed E-state index contributed by atoms with van der Waals surface area (Å²) in [6, 6.07) is 4.18. The lowest BCUT2D eigenvalue weighted by Gasteiger charge is -2.36. The molecular weight excluding hydrogens is 361 g/mol. The van der Waals surface area contributed by atoms with Crippen molar-refractivity contribution in [3.05, 3.63) is 36.3 Å². The predicted octanol–water partition coefficient (Wildman–Crippen LogP) is 3.23. The Morgan fingerprint density at radius 2 is 1.92 bits per heavy atom. The first-order valence-electron chi connectivity index (χ1n) is 7.84. The number of allylic oxidation sites excluding steroid dienone is 1. The van der Waals surface area contributed by atoms with Gasteiger partial charge in [0, 0.05) is 25.4 Å². The lowest BCUT2D eigenvalue weighted by atomic mass is 10.2. The van der Waals surface area contributed by atoms with Gasteiger partial charge in [0.05, 0.1) is 24.6 Å². The van der Waals surface area contributed by atoms with Crippen molar-refractivity contribution in [3.8, 4) is 0 Å². The van der Waals surface area contributed by atoms with Crippen LogP contribution in [0.25, 0.3) is 0 Å². The van der Waals surface area contributed by atoms with Crippen molar-refractivity contribution >= 4 is 17.3 Å². The van der Waals surface area contributed by atoms with Crippen LogP contribution >= 0.6 is 0 Å². The third kappa shape index (κ3) is 4.31. The van der Waals surface area contributed by atoms with Crippen LogP contribution in [-0.2, 0) is 9.47 Å². The van der Waals surface area contributed by atoms with E-state index in [1.807, 2.05) is 0 Å². The van der Waals surface area contributed by atoms with E-state index >= 15 is 0 Å². The van der Waals surface area contributed by atoms with E-state index in [1.165, 1.54) is 29.3 Å². The van der Waals surface area contributed by atoms with E-state index in [2.05, 4.69) is 4.99 Å². The molecule has 1 atom stereocenters. The number of halogens is 5. The highest BCUT2D eigenvalue weighted by Gasteiger charge is 2.33. The molecule has 2 aliphatic heterocycles. The monoisotopic (exact) mass is 377 g/mol. The Morgan fingerprint density at radius 1 is 1.19 bits per heavy atom. The summed E-state index contributed by atoms with van der Waals surface area (Å²) in [5.74, 6) is -1.53. The van der Waals surface area contributed by atoms with Gasteiger partial charge in [-0.25, -0.2) is 9.38 Å². The molecule has 1 saturated heterocycles. The van der Waals surface area contributed by atoms with Crippen LogP contribution in [0.5, 0.6) is 0 Å². The number of nitrogens with zero attached hydrogens (tertiary/aromatic N) is 3. The summed E-state index contributed by atoms with van der Waals surface area (Å²) in [5, 5.41) is 0. The van der Waals surface area contributed by atoms with Gasteiger partial charge < -0.3 is 19.3 Å². The molecule has 142 valence electrons. The van der Waals surface area contributed by atoms with E-state index in [0.29, 0.717) is 26.3 Å². The van der Waals surface area contributed by atoms with Crippen LogP contribution in [0.1, 0.15) is 0 Å². The molecule has 0 aromatic heterocycles. The lowest BCUT2D eigenvalue weighted by Crippen LogP contribution is -2.41. The Morgan fingerprint density at radius 3 is 2.62 bits per heavy atom. The molecule has 2 heterocycles. The van der Waals surface area contributed by atoms with E-state index in [0.717, 1.165) is 6.08 Å². The molecule has 1 aromatic rings. The molecule has 0 spiro atoms. The highest BCUT2D eigenvalue weighted by molar-refractivity contribution is 5.89. The molecule has 0 bridgehead atoms. The minimum atomic E-state index is -4.60. The van der Waals surface area contributed by atoms with Gasteiger partial charge in [0.25, 0.3) is 0 Å². The summed E-state index contributed by atoms with van der Waals surface area (Å²) >= 11 is 0. The molecule has 3 rings (SSSR count). The average Bonchev–Trinajstić information content (AvgIpc) is 2.60. The third-order valence-corrected chi connectivity index (χ3v) is 3.81. The van der Waals surface area contributed by atoms with Crippen LogP contribution in [0.3, 0.4) is 0 Å². The zero-order chi connectivity index (χ0) is 18.7. The van der Waals surface area contributed by atoms with Gasteiger partial charge in [-0.2, -0.15) is 17.6 Å². The van der Waals surface area contributed by atoms with Crippen molar-refractivity contribution < 1.29 is 31.4 Å². The Bertz CT molecular complexity index is 702. The number of alkyl halides is 3. The molecule has 0 amide bonds. The maximum absolute atomic E-state index is 14.5. The highest BCUT2D eigenvalue weighted by atomic mass is 19.4. The zero-order valence-electron chi connectivity index (χ0n) is 13.5. The first-order valence-corrected chi connectivity index (χ1v) is 7.84. The van der Waals surface area contributed by atoms with Gasteiger partial charge in [0.15, 0.2) is 0 Å². The lowest BCUT2D eigenvalue weighted by molar-refractivity contribution is -0.183. The van der Waals surface area contributed by atoms with Crippen LogP contribution < -0.4 is 9.80 Å². The van der Waals surface area contributed by atoms with Crippen LogP contribution in [0.4, 0.5) is 33.3 Å². The minimum absolute atomic E-state index is 0.179. The summed E-state index contributed by atoms with van der Waals surface area (Å²) in [7, 11) is 0. The molecule has 2 aliphatic rings. The quantitative estimate of drug-likeness (QED) is 0.756. The van der Waals surface area contributed by atoms with Gasteiger partial charge in [0.2, 0.25) is 12.3 Å². The predicted molar refractivity (Wildman–Crippen MR) is 85.4 cm³/mol. The van der Waals surface area contributed by atoms with E-state index in [1.54, 1.807) is 4.90 Å². The number of anilines is 2. The van der Waals surface area contributed by atoms with Crippen molar-refractivity contribution in [3.63, 3.8) is 0 Å². The summed E-state index contributed by atoms with van der Waals surface area (Å²) < 4.78 is 75.4. The number of ether oxygens (including phenoxy) is 2. The van der Waals surface area contributed by atoms with Crippen LogP contribution in [0.2, 0.25) is 0 Å². The molecule has 26 heavy (non-hydrogen) atoms. The van der Waals surface area contributed by atoms with Crippen molar-refractivity contribution in [2.24, 2.45) is 4.99 Å². The maximum atomic E-state index is 14.5. The molecule has 5 nitrogen and oxygen atoms in total. The maximum Gasteiger partial charge on any atom is 0.411 e. The van der Waals surface area contributed by atoms with Gasteiger partial charge in [-0.1, -0.05) is 6.07 Å². The number of morpholine rings is 1. The first-order chi connectivity index (χ1) is 12.3. The second-order valence-electron chi connectivity index (χ2n) is 5.63. The van der Waals surface area contributed by atoms with Gasteiger partial charge in [0.1, 0.15) is 12.4 Å². The molecule has 0 unspecified atom stereocenters. The largest absolute Gasteiger partial charge is 0.411 e. The minimum Gasteiger partial charge on any atom is -0.378 e.